The predicted molar refractivity (Wildman–Crippen MR) is 165 cm³/mol. The van der Waals surface area contributed by atoms with Gasteiger partial charge in [-0.1, -0.05) is 20.3 Å². The molecule has 0 aliphatic rings. The van der Waals surface area contributed by atoms with E-state index in [1.54, 1.807) is 24.5 Å². The van der Waals surface area contributed by atoms with Crippen molar-refractivity contribution < 1.29 is 13.2 Å². The quantitative estimate of drug-likeness (QED) is 0.190. The molecular weight excluding hydrogens is 640 g/mol. The Kier molecular flexibility index (Phi) is 16.9. The summed E-state index contributed by atoms with van der Waals surface area (Å²) in [5.74, 6) is 0.181. The fraction of sp³-hybridized carbons (Fsp3) is 0.538. The molecule has 2 N–H and O–H groups in total. The number of Topliss-reactive ketones (excluding diaryl/α,β-unsaturated/α-hetero) is 1. The molecule has 0 amide bonds. The predicted octanol–water partition coefficient (Wildman–Crippen LogP) is 7.13. The van der Waals surface area contributed by atoms with Crippen molar-refractivity contribution in [3.05, 3.63) is 57.0 Å². The minimum atomic E-state index is -1.22. The van der Waals surface area contributed by atoms with Crippen molar-refractivity contribution in [2.75, 3.05) is 0 Å². The molecule has 0 radical (unpaired) electrons. The molecule has 208 valence electrons. The third-order valence-electron chi connectivity index (χ3n) is 4.39. The molecule has 0 saturated heterocycles. The maximum Gasteiger partial charge on any atom is 0.163 e. The third kappa shape index (κ3) is 15.8. The fourth-order valence-corrected chi connectivity index (χ4v) is 3.65. The Morgan fingerprint density at radius 1 is 0.865 bits per heavy atom. The van der Waals surface area contributed by atoms with Crippen LogP contribution in [0.15, 0.2) is 50.3 Å². The topological polar surface area (TPSA) is 115 Å². The van der Waals surface area contributed by atoms with E-state index in [9.17, 15) is 13.2 Å². The highest BCUT2D eigenvalue weighted by Crippen LogP contribution is 2.17. The van der Waals surface area contributed by atoms with Gasteiger partial charge in [0.25, 0.3) is 0 Å². The Balaban J connectivity index is 0.000000586. The van der Waals surface area contributed by atoms with Gasteiger partial charge in [0.05, 0.1) is 26.2 Å². The standard InChI is InChI=1S/C13H19BrN2OS.C9H10BrNO.C4H11NOS/c1-5-6-11(16-18(17)13(2,3)4)10-7-8-15-12(14)9-10;1-2-3-8(12)7-4-5-11-9(10)6-7;1-4(2,3)7(5)6/h7-9H,5-6H2,1-4H3;4-6H,2-3H2,1H3;5H2,1-3H3/t18-;;7-/m1.1/s1. The molecule has 0 spiro atoms. The second-order valence-electron chi connectivity index (χ2n) is 9.97. The van der Waals surface area contributed by atoms with E-state index in [1.165, 1.54) is 0 Å². The molecule has 2 rings (SSSR count). The van der Waals surface area contributed by atoms with Gasteiger partial charge >= 0.3 is 0 Å². The lowest BCUT2D eigenvalue weighted by atomic mass is 10.1. The molecule has 2 aromatic rings. The summed E-state index contributed by atoms with van der Waals surface area (Å²) in [4.78, 5) is 19.4. The zero-order chi connectivity index (χ0) is 28.8. The van der Waals surface area contributed by atoms with Crippen LogP contribution in [0, 0.1) is 0 Å². The number of carbonyl (C=O) groups excluding carboxylic acids is 1. The van der Waals surface area contributed by atoms with Crippen LogP contribution in [0.3, 0.4) is 0 Å². The number of ketones is 1. The summed E-state index contributed by atoms with van der Waals surface area (Å²) in [5, 5.41) is 5.04. The number of pyridine rings is 2. The van der Waals surface area contributed by atoms with Gasteiger partial charge in [0, 0.05) is 29.9 Å². The number of aromatic nitrogens is 2. The highest BCUT2D eigenvalue weighted by molar-refractivity contribution is 9.10. The van der Waals surface area contributed by atoms with Gasteiger partial charge in [-0.2, -0.15) is 4.40 Å². The summed E-state index contributed by atoms with van der Waals surface area (Å²) < 4.78 is 27.7. The lowest BCUT2D eigenvalue weighted by molar-refractivity contribution is 0.0981. The highest BCUT2D eigenvalue weighted by atomic mass is 79.9. The van der Waals surface area contributed by atoms with Crippen molar-refractivity contribution in [3.63, 3.8) is 0 Å². The third-order valence-corrected chi connectivity index (χ3v) is 7.90. The minimum absolute atomic E-state index is 0.181. The Labute approximate surface area is 244 Å². The first-order valence-electron chi connectivity index (χ1n) is 11.9. The zero-order valence-corrected chi connectivity index (χ0v) is 27.8. The summed E-state index contributed by atoms with van der Waals surface area (Å²) in [6.07, 6.45) is 6.64. The summed E-state index contributed by atoms with van der Waals surface area (Å²) in [6.45, 7) is 15.4. The summed E-state index contributed by atoms with van der Waals surface area (Å²) >= 11 is 6.56. The van der Waals surface area contributed by atoms with Gasteiger partial charge in [-0.15, -0.1) is 0 Å². The van der Waals surface area contributed by atoms with E-state index < -0.39 is 22.0 Å². The Bertz CT molecular complexity index is 1080. The van der Waals surface area contributed by atoms with E-state index in [2.05, 4.69) is 53.1 Å². The van der Waals surface area contributed by atoms with Crippen LogP contribution in [-0.4, -0.2) is 39.4 Å². The fourth-order valence-electron chi connectivity index (χ4n) is 2.25. The Morgan fingerprint density at radius 2 is 1.30 bits per heavy atom. The van der Waals surface area contributed by atoms with Crippen molar-refractivity contribution in [1.29, 1.82) is 0 Å². The lowest BCUT2D eigenvalue weighted by Crippen LogP contribution is -2.27. The molecule has 2 heterocycles. The molecule has 2 aromatic heterocycles. The highest BCUT2D eigenvalue weighted by Gasteiger charge is 2.20. The normalized spacial score (nSPS) is 13.4. The van der Waals surface area contributed by atoms with Crippen LogP contribution >= 0.6 is 31.9 Å². The molecule has 0 saturated carbocycles. The lowest BCUT2D eigenvalue weighted by Gasteiger charge is -2.15. The molecule has 7 nitrogen and oxygen atoms in total. The largest absolute Gasteiger partial charge is 0.294 e. The van der Waals surface area contributed by atoms with Crippen LogP contribution in [0.25, 0.3) is 0 Å². The maximum absolute atomic E-state index is 12.1. The van der Waals surface area contributed by atoms with Crippen LogP contribution in [0.1, 0.15) is 97.0 Å². The first kappa shape index (κ1) is 35.9. The van der Waals surface area contributed by atoms with E-state index in [-0.39, 0.29) is 15.3 Å². The SMILES string of the molecule is CC(C)(C)[S@](N)=O.CCCC(=N[S@](=O)C(C)(C)C)c1ccnc(Br)c1.CCCC(=O)c1ccnc(Br)c1. The van der Waals surface area contributed by atoms with E-state index >= 15 is 0 Å². The Morgan fingerprint density at radius 3 is 1.68 bits per heavy atom. The average molecular weight is 681 g/mol. The zero-order valence-electron chi connectivity index (χ0n) is 23.0. The second-order valence-corrected chi connectivity index (χ2v) is 15.3. The van der Waals surface area contributed by atoms with Gasteiger partial charge < -0.3 is 0 Å². The van der Waals surface area contributed by atoms with Gasteiger partial charge in [0.15, 0.2) is 5.78 Å². The number of nitrogens with two attached hydrogens (primary N) is 1. The van der Waals surface area contributed by atoms with E-state index in [4.69, 9.17) is 5.14 Å². The van der Waals surface area contributed by atoms with Crippen molar-refractivity contribution in [2.45, 2.75) is 90.6 Å². The van der Waals surface area contributed by atoms with E-state index in [0.29, 0.717) is 11.0 Å². The van der Waals surface area contributed by atoms with E-state index in [0.717, 1.165) is 40.7 Å². The van der Waals surface area contributed by atoms with E-state index in [1.807, 2.05) is 60.6 Å². The summed E-state index contributed by atoms with van der Waals surface area (Å²) in [7, 11) is -2.41. The molecular formula is C26H40Br2N4O3S2. The molecule has 0 aliphatic heterocycles. The van der Waals surface area contributed by atoms with Gasteiger partial charge in [0.1, 0.15) is 20.2 Å². The number of rotatable bonds is 7. The van der Waals surface area contributed by atoms with Crippen LogP contribution in [0.5, 0.6) is 0 Å². The number of halogens is 2. The molecule has 2 atom stereocenters. The molecule has 37 heavy (non-hydrogen) atoms. The molecule has 0 bridgehead atoms. The van der Waals surface area contributed by atoms with Crippen LogP contribution < -0.4 is 5.14 Å². The average Bonchev–Trinajstić information content (AvgIpc) is 2.78. The molecule has 0 unspecified atom stereocenters. The van der Waals surface area contributed by atoms with Gasteiger partial charge in [-0.25, -0.2) is 18.4 Å². The molecule has 0 aliphatic carbocycles. The van der Waals surface area contributed by atoms with Crippen molar-refractivity contribution in [3.8, 4) is 0 Å². The van der Waals surface area contributed by atoms with Gasteiger partial charge in [0.2, 0.25) is 0 Å². The van der Waals surface area contributed by atoms with Crippen LogP contribution in [0.2, 0.25) is 0 Å². The Hall–Kier alpha value is -1.14. The minimum Gasteiger partial charge on any atom is -0.294 e. The monoisotopic (exact) mass is 678 g/mol. The van der Waals surface area contributed by atoms with Gasteiger partial charge in [-0.3, -0.25) is 9.93 Å². The molecule has 11 heteroatoms. The second kappa shape index (κ2) is 17.4. The summed E-state index contributed by atoms with van der Waals surface area (Å²) in [6, 6.07) is 7.30. The summed E-state index contributed by atoms with van der Waals surface area (Å²) in [5.41, 5.74) is 2.60. The maximum atomic E-state index is 12.1. The number of carbonyl (C=O) groups is 1. The van der Waals surface area contributed by atoms with Gasteiger partial charge in [-0.05, 0) is 111 Å². The van der Waals surface area contributed by atoms with Crippen molar-refractivity contribution in [2.24, 2.45) is 9.54 Å². The first-order chi connectivity index (χ1) is 17.0. The number of nitrogens with zero attached hydrogens (tertiary/aromatic N) is 3. The van der Waals surface area contributed by atoms with Crippen molar-refractivity contribution in [1.82, 2.24) is 9.97 Å². The number of hydrogen-bond donors (Lipinski definition) is 1. The van der Waals surface area contributed by atoms with Crippen molar-refractivity contribution >= 4 is 65.3 Å². The smallest absolute Gasteiger partial charge is 0.163 e. The number of hydrogen-bond acceptors (Lipinski definition) is 5. The van der Waals surface area contributed by atoms with Crippen LogP contribution in [0.4, 0.5) is 0 Å². The van der Waals surface area contributed by atoms with Crippen LogP contribution in [-0.2, 0) is 22.0 Å². The first-order valence-corrected chi connectivity index (χ1v) is 15.9. The molecule has 0 fully saturated rings. The molecule has 0 aromatic carbocycles.